The topological polar surface area (TPSA) is 125 Å². The summed E-state index contributed by atoms with van der Waals surface area (Å²) in [6.45, 7) is 1.63. The first-order valence-corrected chi connectivity index (χ1v) is 11.9. The summed E-state index contributed by atoms with van der Waals surface area (Å²) in [5.74, 6) is 0.122. The molecule has 5 rings (SSSR count). The zero-order chi connectivity index (χ0) is 26.3. The molecule has 0 bridgehead atoms. The van der Waals surface area contributed by atoms with Gasteiger partial charge in [-0.25, -0.2) is 14.6 Å². The van der Waals surface area contributed by atoms with Crippen LogP contribution in [0.2, 0.25) is 0 Å². The summed E-state index contributed by atoms with van der Waals surface area (Å²) < 4.78 is 51.8. The SMILES string of the molecule is Cc1nc(-c2nnn(C)c2COc2nccc(C(F)(F)F)n2)ccc1O[C@@H]1C[C@@H]2CC[C@@H](C(=O)O)[C@@H]2C1. The minimum Gasteiger partial charge on any atom is -0.489 e. The van der Waals surface area contributed by atoms with Crippen molar-refractivity contribution in [1.82, 2.24) is 29.9 Å². The molecule has 3 heterocycles. The van der Waals surface area contributed by atoms with Gasteiger partial charge in [0.15, 0.2) is 5.69 Å². The number of fused-ring (bicyclic) bond motifs is 1. The summed E-state index contributed by atoms with van der Waals surface area (Å²) in [5.41, 5.74) is 0.908. The Balaban J connectivity index is 1.28. The number of carboxylic acid groups (broad SMARTS) is 1. The first kappa shape index (κ1) is 24.9. The van der Waals surface area contributed by atoms with Gasteiger partial charge in [0.1, 0.15) is 23.7 Å². The molecule has 0 unspecified atom stereocenters. The van der Waals surface area contributed by atoms with Crippen molar-refractivity contribution < 1.29 is 32.5 Å². The van der Waals surface area contributed by atoms with Gasteiger partial charge >= 0.3 is 18.2 Å². The van der Waals surface area contributed by atoms with E-state index in [0.29, 0.717) is 40.9 Å². The highest BCUT2D eigenvalue weighted by Crippen LogP contribution is 2.48. The third kappa shape index (κ3) is 5.07. The standard InChI is InChI=1S/C24H25F3N6O4/c1-12-19(37-14-9-13-3-4-15(22(34)35)16(13)10-14)6-5-17(29-12)21-18(33(2)32-31-21)11-36-23-28-8-7-20(30-23)24(25,26)27/h5-8,13-16H,3-4,9-11H2,1-2H3,(H,34,35)/t13-,14+,15+,16+/m0/s1. The predicted molar refractivity (Wildman–Crippen MR) is 121 cm³/mol. The van der Waals surface area contributed by atoms with Gasteiger partial charge in [-0.05, 0) is 62.6 Å². The maximum absolute atomic E-state index is 12.9. The largest absolute Gasteiger partial charge is 0.489 e. The quantitative estimate of drug-likeness (QED) is 0.497. The molecule has 10 nitrogen and oxygen atoms in total. The van der Waals surface area contributed by atoms with Gasteiger partial charge in [-0.3, -0.25) is 4.79 Å². The molecule has 2 fully saturated rings. The molecule has 1 N–H and O–H groups in total. The average Bonchev–Trinajstić information content (AvgIpc) is 3.52. The molecular weight excluding hydrogens is 493 g/mol. The molecule has 2 aliphatic carbocycles. The van der Waals surface area contributed by atoms with Crippen LogP contribution in [-0.4, -0.2) is 47.1 Å². The number of hydrogen-bond acceptors (Lipinski definition) is 8. The third-order valence-electron chi connectivity index (χ3n) is 7.17. The van der Waals surface area contributed by atoms with E-state index in [9.17, 15) is 23.1 Å². The third-order valence-corrected chi connectivity index (χ3v) is 7.17. The van der Waals surface area contributed by atoms with Gasteiger partial charge in [-0.15, -0.1) is 5.10 Å². The van der Waals surface area contributed by atoms with E-state index in [1.54, 1.807) is 26.1 Å². The molecule has 37 heavy (non-hydrogen) atoms. The number of alkyl halides is 3. The molecule has 0 aromatic carbocycles. The van der Waals surface area contributed by atoms with Crippen LogP contribution in [0.1, 0.15) is 42.8 Å². The zero-order valence-corrected chi connectivity index (χ0v) is 20.1. The van der Waals surface area contributed by atoms with Crippen LogP contribution in [0.25, 0.3) is 11.4 Å². The van der Waals surface area contributed by atoms with E-state index in [2.05, 4.69) is 25.3 Å². The number of carboxylic acids is 1. The molecule has 2 aliphatic rings. The normalized spacial score (nSPS) is 23.2. The Hall–Kier alpha value is -3.77. The molecular formula is C24H25F3N6O4. The van der Waals surface area contributed by atoms with Gasteiger partial charge in [-0.1, -0.05) is 5.21 Å². The highest BCUT2D eigenvalue weighted by Gasteiger charge is 2.47. The van der Waals surface area contributed by atoms with Crippen molar-refractivity contribution in [1.29, 1.82) is 0 Å². The smallest absolute Gasteiger partial charge is 0.433 e. The molecule has 196 valence electrons. The molecule has 0 radical (unpaired) electrons. The van der Waals surface area contributed by atoms with Gasteiger partial charge in [0, 0.05) is 13.2 Å². The number of rotatable bonds is 7. The lowest BCUT2D eigenvalue weighted by Crippen LogP contribution is -2.21. The van der Waals surface area contributed by atoms with Crippen LogP contribution in [0.15, 0.2) is 24.4 Å². The van der Waals surface area contributed by atoms with Crippen molar-refractivity contribution in [2.24, 2.45) is 24.8 Å². The minimum atomic E-state index is -4.61. The van der Waals surface area contributed by atoms with E-state index < -0.39 is 23.8 Å². The van der Waals surface area contributed by atoms with E-state index in [0.717, 1.165) is 31.5 Å². The van der Waals surface area contributed by atoms with Crippen LogP contribution in [0, 0.1) is 24.7 Å². The molecule has 4 atom stereocenters. The Morgan fingerprint density at radius 2 is 2.00 bits per heavy atom. The summed E-state index contributed by atoms with van der Waals surface area (Å²) >= 11 is 0. The van der Waals surface area contributed by atoms with Crippen molar-refractivity contribution in [3.63, 3.8) is 0 Å². The molecule has 0 amide bonds. The second kappa shape index (κ2) is 9.60. The number of nitrogens with zero attached hydrogens (tertiary/aromatic N) is 6. The number of halogens is 3. The van der Waals surface area contributed by atoms with E-state index in [1.165, 1.54) is 4.68 Å². The Morgan fingerprint density at radius 1 is 1.19 bits per heavy atom. The van der Waals surface area contributed by atoms with Crippen LogP contribution >= 0.6 is 0 Å². The zero-order valence-electron chi connectivity index (χ0n) is 20.1. The van der Waals surface area contributed by atoms with Crippen LogP contribution in [0.5, 0.6) is 11.8 Å². The number of aryl methyl sites for hydroxylation is 2. The Kier molecular flexibility index (Phi) is 6.46. The van der Waals surface area contributed by atoms with Crippen molar-refractivity contribution in [2.75, 3.05) is 0 Å². The van der Waals surface area contributed by atoms with Gasteiger partial charge in [-0.2, -0.15) is 18.2 Å². The maximum Gasteiger partial charge on any atom is 0.433 e. The van der Waals surface area contributed by atoms with Crippen molar-refractivity contribution >= 4 is 5.97 Å². The van der Waals surface area contributed by atoms with Crippen molar-refractivity contribution in [3.05, 3.63) is 41.5 Å². The van der Waals surface area contributed by atoms with Gasteiger partial charge in [0.2, 0.25) is 0 Å². The number of hydrogen-bond donors (Lipinski definition) is 1. The molecule has 0 saturated heterocycles. The van der Waals surface area contributed by atoms with Crippen LogP contribution in [0.4, 0.5) is 13.2 Å². The van der Waals surface area contributed by atoms with Crippen molar-refractivity contribution in [2.45, 2.75) is 51.5 Å². The van der Waals surface area contributed by atoms with E-state index in [1.807, 2.05) is 0 Å². The Bertz CT molecular complexity index is 1310. The number of aliphatic carboxylic acids is 1. The highest BCUT2D eigenvalue weighted by molar-refractivity contribution is 5.71. The van der Waals surface area contributed by atoms with Crippen molar-refractivity contribution in [3.8, 4) is 23.1 Å². The van der Waals surface area contributed by atoms with Crippen LogP contribution in [0.3, 0.4) is 0 Å². The fraction of sp³-hybridized carbons (Fsp3) is 0.500. The van der Waals surface area contributed by atoms with Gasteiger partial charge < -0.3 is 14.6 Å². The number of pyridine rings is 1. The summed E-state index contributed by atoms with van der Waals surface area (Å²) in [6.07, 6.45) is -0.490. The predicted octanol–water partition coefficient (Wildman–Crippen LogP) is 3.84. The van der Waals surface area contributed by atoms with E-state index >= 15 is 0 Å². The molecule has 2 saturated carbocycles. The summed E-state index contributed by atoms with van der Waals surface area (Å²) in [4.78, 5) is 23.3. The highest BCUT2D eigenvalue weighted by atomic mass is 19.4. The number of carbonyl (C=O) groups is 1. The average molecular weight is 518 g/mol. The van der Waals surface area contributed by atoms with Crippen LogP contribution in [-0.2, 0) is 24.6 Å². The molecule has 3 aromatic heterocycles. The summed E-state index contributed by atoms with van der Waals surface area (Å²) in [7, 11) is 1.63. The number of aromatic nitrogens is 6. The lowest BCUT2D eigenvalue weighted by molar-refractivity contribution is -0.143. The second-order valence-corrected chi connectivity index (χ2v) is 9.46. The fourth-order valence-corrected chi connectivity index (χ4v) is 5.36. The molecule has 0 spiro atoms. The summed E-state index contributed by atoms with van der Waals surface area (Å²) in [6, 6.07) is 3.87. The van der Waals surface area contributed by atoms with Gasteiger partial charge in [0.05, 0.1) is 23.4 Å². The van der Waals surface area contributed by atoms with E-state index in [4.69, 9.17) is 9.47 Å². The monoisotopic (exact) mass is 518 g/mol. The first-order chi connectivity index (χ1) is 17.6. The lowest BCUT2D eigenvalue weighted by Gasteiger charge is -2.18. The molecule has 13 heteroatoms. The van der Waals surface area contributed by atoms with Crippen LogP contribution < -0.4 is 9.47 Å². The Labute approximate surface area is 209 Å². The maximum atomic E-state index is 12.9. The van der Waals surface area contributed by atoms with E-state index in [-0.39, 0.29) is 24.5 Å². The number of ether oxygens (including phenoxy) is 2. The minimum absolute atomic E-state index is 0.0589. The molecule has 3 aromatic rings. The molecule has 0 aliphatic heterocycles. The first-order valence-electron chi connectivity index (χ1n) is 11.9. The second-order valence-electron chi connectivity index (χ2n) is 9.46. The summed E-state index contributed by atoms with van der Waals surface area (Å²) in [5, 5.41) is 17.6. The van der Waals surface area contributed by atoms with Gasteiger partial charge in [0.25, 0.3) is 0 Å². The fourth-order valence-electron chi connectivity index (χ4n) is 5.36. The lowest BCUT2D eigenvalue weighted by atomic mass is 9.92. The Morgan fingerprint density at radius 3 is 2.73 bits per heavy atom.